The Kier molecular flexibility index (Phi) is 8.13. The number of nitro benzene ring substituents is 1. The van der Waals surface area contributed by atoms with Gasteiger partial charge in [0.15, 0.2) is 0 Å². The smallest absolute Gasteiger partial charge is 0.273 e. The van der Waals surface area contributed by atoms with Gasteiger partial charge in [0, 0.05) is 31.3 Å². The lowest BCUT2D eigenvalue weighted by Gasteiger charge is -2.22. The summed E-state index contributed by atoms with van der Waals surface area (Å²) in [6.45, 7) is 5.66. The highest BCUT2D eigenvalue weighted by molar-refractivity contribution is 7.89. The average molecular weight is 366 g/mol. The van der Waals surface area contributed by atoms with E-state index in [2.05, 4.69) is 0 Å². The monoisotopic (exact) mass is 365 g/mol. The van der Waals surface area contributed by atoms with Crippen molar-refractivity contribution >= 4 is 28.1 Å². The van der Waals surface area contributed by atoms with Gasteiger partial charge in [-0.2, -0.15) is 0 Å². The van der Waals surface area contributed by atoms with E-state index in [1.165, 1.54) is 36.5 Å². The molecule has 0 aliphatic carbocycles. The van der Waals surface area contributed by atoms with Gasteiger partial charge in [-0.05, 0) is 25.3 Å². The molecule has 1 aromatic carbocycles. The second-order valence-corrected chi connectivity index (χ2v) is 7.69. The fourth-order valence-corrected chi connectivity index (χ4v) is 3.46. The Balaban J connectivity index is 0.00000484. The molecule has 1 rings (SSSR count). The Hall–Kier alpha value is -1.22. The van der Waals surface area contributed by atoms with E-state index in [1.54, 1.807) is 0 Å². The number of sulfonamides is 1. The van der Waals surface area contributed by atoms with Crippen molar-refractivity contribution < 1.29 is 13.3 Å². The van der Waals surface area contributed by atoms with Crippen LogP contribution in [0.3, 0.4) is 0 Å². The molecule has 0 saturated heterocycles. The Bertz CT molecular complexity index is 649. The number of hydrogen-bond donors (Lipinski definition) is 1. The maximum absolute atomic E-state index is 12.6. The first-order valence-electron chi connectivity index (χ1n) is 7.05. The van der Waals surface area contributed by atoms with Crippen LogP contribution in [0.15, 0.2) is 23.1 Å². The van der Waals surface area contributed by atoms with Crippen LogP contribution in [0.4, 0.5) is 5.69 Å². The first-order valence-corrected chi connectivity index (χ1v) is 8.49. The number of rotatable bonds is 7. The predicted molar refractivity (Wildman–Crippen MR) is 92.3 cm³/mol. The van der Waals surface area contributed by atoms with Crippen molar-refractivity contribution in [3.63, 3.8) is 0 Å². The van der Waals surface area contributed by atoms with Crippen molar-refractivity contribution in [3.05, 3.63) is 33.9 Å². The van der Waals surface area contributed by atoms with Crippen LogP contribution in [0, 0.1) is 23.0 Å². The zero-order valence-corrected chi connectivity index (χ0v) is 15.4. The summed E-state index contributed by atoms with van der Waals surface area (Å²) in [5.74, 6) is 0.260. The van der Waals surface area contributed by atoms with Gasteiger partial charge in [0.25, 0.3) is 5.69 Å². The number of nitrogens with two attached hydrogens (primary N) is 1. The Labute approximate surface area is 143 Å². The van der Waals surface area contributed by atoms with E-state index in [9.17, 15) is 18.5 Å². The van der Waals surface area contributed by atoms with Crippen LogP contribution in [-0.2, 0) is 10.0 Å². The Morgan fingerprint density at radius 1 is 1.35 bits per heavy atom. The van der Waals surface area contributed by atoms with Gasteiger partial charge in [-0.1, -0.05) is 19.9 Å². The van der Waals surface area contributed by atoms with Gasteiger partial charge in [-0.25, -0.2) is 12.7 Å². The third-order valence-electron chi connectivity index (χ3n) is 3.77. The van der Waals surface area contributed by atoms with Crippen LogP contribution < -0.4 is 5.73 Å². The maximum atomic E-state index is 12.6. The number of benzene rings is 1. The lowest BCUT2D eigenvalue weighted by Crippen LogP contribution is -2.35. The van der Waals surface area contributed by atoms with Gasteiger partial charge >= 0.3 is 0 Å². The first-order chi connectivity index (χ1) is 10.1. The van der Waals surface area contributed by atoms with E-state index >= 15 is 0 Å². The van der Waals surface area contributed by atoms with E-state index in [1.807, 2.05) is 13.8 Å². The van der Waals surface area contributed by atoms with Gasteiger partial charge in [-0.15, -0.1) is 12.4 Å². The molecule has 0 fully saturated rings. The molecule has 9 heteroatoms. The van der Waals surface area contributed by atoms with Crippen LogP contribution in [0.25, 0.3) is 0 Å². The second kappa shape index (κ2) is 8.58. The SMILES string of the molecule is Cc1c([N+](=O)[O-])cccc1S(=O)(=O)N(C)CCC(N)C(C)C.Cl. The summed E-state index contributed by atoms with van der Waals surface area (Å²) in [5, 5.41) is 10.9. The quantitative estimate of drug-likeness (QED) is 0.589. The molecule has 0 saturated carbocycles. The normalized spacial score (nSPS) is 13.0. The van der Waals surface area contributed by atoms with Crippen LogP contribution >= 0.6 is 12.4 Å². The maximum Gasteiger partial charge on any atom is 0.273 e. The van der Waals surface area contributed by atoms with Crippen LogP contribution in [-0.4, -0.2) is 37.3 Å². The standard InChI is InChI=1S/C14H23N3O4S.ClH/c1-10(2)12(15)8-9-16(4)22(20,21)14-7-5-6-13(11(14)3)17(18)19;/h5-7,10,12H,8-9,15H2,1-4H3;1H. The van der Waals surface area contributed by atoms with Crippen LogP contribution in [0.5, 0.6) is 0 Å². The summed E-state index contributed by atoms with van der Waals surface area (Å²) in [5.41, 5.74) is 5.87. The van der Waals surface area contributed by atoms with E-state index in [4.69, 9.17) is 5.73 Å². The minimum atomic E-state index is -3.77. The number of nitrogens with zero attached hydrogens (tertiary/aromatic N) is 2. The summed E-state index contributed by atoms with van der Waals surface area (Å²) in [4.78, 5) is 10.3. The van der Waals surface area contributed by atoms with Crippen molar-refractivity contribution in [3.8, 4) is 0 Å². The van der Waals surface area contributed by atoms with Crippen molar-refractivity contribution in [2.75, 3.05) is 13.6 Å². The molecule has 0 aromatic heterocycles. The minimum absolute atomic E-state index is 0. The van der Waals surface area contributed by atoms with E-state index < -0.39 is 14.9 Å². The van der Waals surface area contributed by atoms with Crippen LogP contribution in [0.1, 0.15) is 25.8 Å². The minimum Gasteiger partial charge on any atom is -0.327 e. The third kappa shape index (κ3) is 5.13. The molecule has 0 spiro atoms. The van der Waals surface area contributed by atoms with Gasteiger partial charge in [0.1, 0.15) is 0 Å². The van der Waals surface area contributed by atoms with Crippen molar-refractivity contribution in [1.29, 1.82) is 0 Å². The highest BCUT2D eigenvalue weighted by Gasteiger charge is 2.27. The predicted octanol–water partition coefficient (Wildman–Crippen LogP) is 2.32. The zero-order valence-electron chi connectivity index (χ0n) is 13.7. The molecule has 1 unspecified atom stereocenters. The summed E-state index contributed by atoms with van der Waals surface area (Å²) >= 11 is 0. The van der Waals surface area contributed by atoms with Crippen molar-refractivity contribution in [2.45, 2.75) is 38.1 Å². The molecule has 1 atom stereocenters. The third-order valence-corrected chi connectivity index (χ3v) is 5.78. The first kappa shape index (κ1) is 21.8. The largest absolute Gasteiger partial charge is 0.327 e. The van der Waals surface area contributed by atoms with E-state index in [0.29, 0.717) is 6.42 Å². The molecule has 0 heterocycles. The van der Waals surface area contributed by atoms with Crippen molar-refractivity contribution in [2.24, 2.45) is 11.7 Å². The molecule has 23 heavy (non-hydrogen) atoms. The molecule has 2 N–H and O–H groups in total. The lowest BCUT2D eigenvalue weighted by atomic mass is 10.0. The molecule has 132 valence electrons. The average Bonchev–Trinajstić information content (AvgIpc) is 2.43. The molecule has 0 aliphatic rings. The fourth-order valence-electron chi connectivity index (χ4n) is 2.03. The summed E-state index contributed by atoms with van der Waals surface area (Å²) < 4.78 is 26.3. The lowest BCUT2D eigenvalue weighted by molar-refractivity contribution is -0.385. The Morgan fingerprint density at radius 2 is 1.91 bits per heavy atom. The molecular weight excluding hydrogens is 342 g/mol. The van der Waals surface area contributed by atoms with Crippen LogP contribution in [0.2, 0.25) is 0 Å². The molecule has 0 radical (unpaired) electrons. The van der Waals surface area contributed by atoms with E-state index in [-0.39, 0.29) is 47.1 Å². The number of halogens is 1. The zero-order chi connectivity index (χ0) is 17.1. The number of hydrogen-bond acceptors (Lipinski definition) is 5. The van der Waals surface area contributed by atoms with Gasteiger partial charge < -0.3 is 5.73 Å². The Morgan fingerprint density at radius 3 is 2.39 bits per heavy atom. The van der Waals surface area contributed by atoms with Gasteiger partial charge in [-0.3, -0.25) is 10.1 Å². The fraction of sp³-hybridized carbons (Fsp3) is 0.571. The summed E-state index contributed by atoms with van der Waals surface area (Å²) in [7, 11) is -2.31. The summed E-state index contributed by atoms with van der Waals surface area (Å²) in [6, 6.07) is 3.97. The molecule has 0 bridgehead atoms. The second-order valence-electron chi connectivity index (χ2n) is 5.68. The highest BCUT2D eigenvalue weighted by atomic mass is 35.5. The van der Waals surface area contributed by atoms with Gasteiger partial charge in [0.05, 0.1) is 9.82 Å². The molecule has 0 amide bonds. The number of nitro groups is 1. The summed E-state index contributed by atoms with van der Waals surface area (Å²) in [6.07, 6.45) is 0.529. The highest BCUT2D eigenvalue weighted by Crippen LogP contribution is 2.26. The van der Waals surface area contributed by atoms with Gasteiger partial charge in [0.2, 0.25) is 10.0 Å². The molecule has 0 aliphatic heterocycles. The topological polar surface area (TPSA) is 107 Å². The molecule has 1 aromatic rings. The van der Waals surface area contributed by atoms with Crippen molar-refractivity contribution in [1.82, 2.24) is 4.31 Å². The van der Waals surface area contributed by atoms with E-state index in [0.717, 1.165) is 0 Å². The molecule has 7 nitrogen and oxygen atoms in total. The molecular formula is C14H24ClN3O4S.